The highest BCUT2D eigenvalue weighted by molar-refractivity contribution is 7.99. The van der Waals surface area contributed by atoms with Crippen molar-refractivity contribution in [1.82, 2.24) is 14.8 Å². The van der Waals surface area contributed by atoms with Crippen LogP contribution < -0.4 is 4.74 Å². The molecule has 0 N–H and O–H groups in total. The van der Waals surface area contributed by atoms with Gasteiger partial charge in [0.1, 0.15) is 5.75 Å². The summed E-state index contributed by atoms with van der Waals surface area (Å²) in [6.45, 7) is 5.37. The first-order chi connectivity index (χ1) is 12.2. The molecule has 0 unspecified atom stereocenters. The third-order valence-electron chi connectivity index (χ3n) is 3.59. The van der Waals surface area contributed by atoms with E-state index in [1.807, 2.05) is 41.1 Å². The Morgan fingerprint density at radius 1 is 1.20 bits per heavy atom. The predicted molar refractivity (Wildman–Crippen MR) is 102 cm³/mol. The van der Waals surface area contributed by atoms with Gasteiger partial charge < -0.3 is 9.30 Å². The summed E-state index contributed by atoms with van der Waals surface area (Å²) in [5, 5.41) is 11.3. The van der Waals surface area contributed by atoms with Crippen molar-refractivity contribution in [2.24, 2.45) is 0 Å². The number of aromatic nitrogens is 3. The van der Waals surface area contributed by atoms with Crippen molar-refractivity contribution >= 4 is 28.9 Å². The number of benzene rings is 1. The molecule has 0 amide bonds. The zero-order valence-corrected chi connectivity index (χ0v) is 15.8. The maximum atomic E-state index is 12.4. The average Bonchev–Trinajstić information content (AvgIpc) is 3.29. The molecule has 2 aromatic heterocycles. The van der Waals surface area contributed by atoms with Crippen LogP contribution >= 0.6 is 23.1 Å². The zero-order valence-electron chi connectivity index (χ0n) is 14.1. The van der Waals surface area contributed by atoms with E-state index in [2.05, 4.69) is 17.1 Å². The van der Waals surface area contributed by atoms with Crippen LogP contribution in [0.2, 0.25) is 0 Å². The highest BCUT2D eigenvalue weighted by Gasteiger charge is 2.15. The molecule has 0 atom stereocenters. The Balaban J connectivity index is 1.68. The fourth-order valence-corrected chi connectivity index (χ4v) is 4.00. The van der Waals surface area contributed by atoms with Crippen molar-refractivity contribution < 1.29 is 9.53 Å². The lowest BCUT2D eigenvalue weighted by atomic mass is 10.1. The number of rotatable bonds is 8. The number of carbonyl (C=O) groups is 1. The summed E-state index contributed by atoms with van der Waals surface area (Å²) in [4.78, 5) is 13.5. The standard InChI is InChI=1S/C18H19N3O2S2/c1-3-21-17(16-6-5-11-24-16)19-20-18(21)25-12-15(22)13-7-9-14(10-8-13)23-4-2/h5-11H,3-4,12H2,1-2H3. The first-order valence-corrected chi connectivity index (χ1v) is 9.95. The summed E-state index contributed by atoms with van der Waals surface area (Å²) in [5.74, 6) is 2.03. The minimum absolute atomic E-state index is 0.0661. The van der Waals surface area contributed by atoms with E-state index in [1.165, 1.54) is 11.8 Å². The molecule has 0 radical (unpaired) electrons. The van der Waals surface area contributed by atoms with E-state index in [0.29, 0.717) is 17.9 Å². The molecular formula is C18H19N3O2S2. The molecule has 0 aliphatic carbocycles. The van der Waals surface area contributed by atoms with Crippen LogP contribution in [0, 0.1) is 0 Å². The van der Waals surface area contributed by atoms with E-state index >= 15 is 0 Å². The van der Waals surface area contributed by atoms with Crippen molar-refractivity contribution in [3.63, 3.8) is 0 Å². The van der Waals surface area contributed by atoms with Crippen LogP contribution in [0.4, 0.5) is 0 Å². The Bertz CT molecular complexity index is 827. The van der Waals surface area contributed by atoms with Crippen molar-refractivity contribution in [3.8, 4) is 16.5 Å². The van der Waals surface area contributed by atoms with Gasteiger partial charge in [0, 0.05) is 12.1 Å². The Morgan fingerprint density at radius 2 is 2.00 bits per heavy atom. The number of ketones is 1. The highest BCUT2D eigenvalue weighted by Crippen LogP contribution is 2.27. The molecule has 130 valence electrons. The number of hydrogen-bond acceptors (Lipinski definition) is 6. The van der Waals surface area contributed by atoms with Crippen molar-refractivity contribution in [3.05, 3.63) is 47.3 Å². The normalized spacial score (nSPS) is 10.8. The van der Waals surface area contributed by atoms with Crippen molar-refractivity contribution in [2.45, 2.75) is 25.5 Å². The maximum absolute atomic E-state index is 12.4. The molecule has 1 aromatic carbocycles. The quantitative estimate of drug-likeness (QED) is 0.433. The molecule has 0 saturated heterocycles. The van der Waals surface area contributed by atoms with Crippen molar-refractivity contribution in [1.29, 1.82) is 0 Å². The van der Waals surface area contributed by atoms with Gasteiger partial charge >= 0.3 is 0 Å². The van der Waals surface area contributed by atoms with Crippen LogP contribution in [0.3, 0.4) is 0 Å². The third kappa shape index (κ3) is 4.11. The Hall–Kier alpha value is -2.12. The lowest BCUT2D eigenvalue weighted by Gasteiger charge is -2.06. The van der Waals surface area contributed by atoms with Crippen LogP contribution in [-0.2, 0) is 6.54 Å². The second-order valence-electron chi connectivity index (χ2n) is 5.20. The van der Waals surface area contributed by atoms with E-state index in [0.717, 1.165) is 28.2 Å². The van der Waals surface area contributed by atoms with Crippen LogP contribution in [0.1, 0.15) is 24.2 Å². The number of ether oxygens (including phenoxy) is 1. The molecule has 0 aliphatic rings. The van der Waals surface area contributed by atoms with Gasteiger partial charge in [-0.25, -0.2) is 0 Å². The molecule has 0 fully saturated rings. The van der Waals surface area contributed by atoms with Crippen LogP contribution in [0.15, 0.2) is 46.9 Å². The number of Topliss-reactive ketones (excluding diaryl/α,β-unsaturated/α-hetero) is 1. The zero-order chi connectivity index (χ0) is 17.6. The summed E-state index contributed by atoms with van der Waals surface area (Å²) < 4.78 is 7.44. The highest BCUT2D eigenvalue weighted by atomic mass is 32.2. The molecule has 0 aliphatic heterocycles. The van der Waals surface area contributed by atoms with Crippen molar-refractivity contribution in [2.75, 3.05) is 12.4 Å². The largest absolute Gasteiger partial charge is 0.494 e. The smallest absolute Gasteiger partial charge is 0.191 e. The predicted octanol–water partition coefficient (Wildman–Crippen LogP) is 4.40. The lowest BCUT2D eigenvalue weighted by molar-refractivity contribution is 0.102. The van der Waals surface area contributed by atoms with E-state index in [1.54, 1.807) is 23.5 Å². The van der Waals surface area contributed by atoms with Crippen LogP contribution in [0.25, 0.3) is 10.7 Å². The minimum Gasteiger partial charge on any atom is -0.494 e. The van der Waals surface area contributed by atoms with E-state index in [9.17, 15) is 4.79 Å². The van der Waals surface area contributed by atoms with Crippen LogP contribution in [0.5, 0.6) is 5.75 Å². The van der Waals surface area contributed by atoms with Gasteiger partial charge in [-0.05, 0) is 49.6 Å². The molecule has 2 heterocycles. The molecule has 7 heteroatoms. The first kappa shape index (κ1) is 17.7. The lowest BCUT2D eigenvalue weighted by Crippen LogP contribution is -2.05. The number of thiophene rings is 1. The number of thioether (sulfide) groups is 1. The van der Waals surface area contributed by atoms with Gasteiger partial charge in [-0.15, -0.1) is 21.5 Å². The fraction of sp³-hybridized carbons (Fsp3) is 0.278. The minimum atomic E-state index is 0.0661. The first-order valence-electron chi connectivity index (χ1n) is 8.08. The van der Waals surface area contributed by atoms with Gasteiger partial charge in [0.2, 0.25) is 0 Å². The van der Waals surface area contributed by atoms with E-state index in [-0.39, 0.29) is 5.78 Å². The van der Waals surface area contributed by atoms with E-state index in [4.69, 9.17) is 4.74 Å². The van der Waals surface area contributed by atoms with Gasteiger partial charge in [-0.1, -0.05) is 17.8 Å². The summed E-state index contributed by atoms with van der Waals surface area (Å²) in [6.07, 6.45) is 0. The SMILES string of the molecule is CCOc1ccc(C(=O)CSc2nnc(-c3cccs3)n2CC)cc1. The Kier molecular flexibility index (Phi) is 5.88. The van der Waals surface area contributed by atoms with Gasteiger partial charge in [0.25, 0.3) is 0 Å². The Morgan fingerprint density at radius 3 is 2.64 bits per heavy atom. The maximum Gasteiger partial charge on any atom is 0.191 e. The topological polar surface area (TPSA) is 57.0 Å². The molecule has 0 spiro atoms. The summed E-state index contributed by atoms with van der Waals surface area (Å²) in [6, 6.07) is 11.3. The average molecular weight is 374 g/mol. The molecule has 0 bridgehead atoms. The molecule has 25 heavy (non-hydrogen) atoms. The van der Waals surface area contributed by atoms with E-state index < -0.39 is 0 Å². The monoisotopic (exact) mass is 373 g/mol. The molecule has 3 aromatic rings. The number of nitrogens with zero attached hydrogens (tertiary/aromatic N) is 3. The van der Waals surface area contributed by atoms with Gasteiger partial charge in [-0.3, -0.25) is 4.79 Å². The van der Waals surface area contributed by atoms with Gasteiger partial charge in [0.05, 0.1) is 17.2 Å². The summed E-state index contributed by atoms with van der Waals surface area (Å²) in [7, 11) is 0. The number of hydrogen-bond donors (Lipinski definition) is 0. The number of carbonyl (C=O) groups excluding carboxylic acids is 1. The summed E-state index contributed by atoms with van der Waals surface area (Å²) >= 11 is 3.05. The second kappa shape index (κ2) is 8.31. The van der Waals surface area contributed by atoms with Crippen LogP contribution in [-0.4, -0.2) is 32.9 Å². The van der Waals surface area contributed by atoms with Gasteiger partial charge in [-0.2, -0.15) is 0 Å². The fourth-order valence-electron chi connectivity index (χ4n) is 2.39. The van der Waals surface area contributed by atoms with Gasteiger partial charge in [0.15, 0.2) is 16.8 Å². The second-order valence-corrected chi connectivity index (χ2v) is 7.09. The molecule has 0 saturated carbocycles. The Labute approximate surface area is 155 Å². The molecule has 5 nitrogen and oxygen atoms in total. The molecule has 3 rings (SSSR count). The molecular weight excluding hydrogens is 354 g/mol. The summed E-state index contributed by atoms with van der Waals surface area (Å²) in [5.41, 5.74) is 0.678. The third-order valence-corrected chi connectivity index (χ3v) is 5.43.